The second-order valence-electron chi connectivity index (χ2n) is 7.54. The Bertz CT molecular complexity index is 741. The molecule has 5 nitrogen and oxygen atoms in total. The van der Waals surface area contributed by atoms with Crippen LogP contribution >= 0.6 is 0 Å². The first-order valence-electron chi connectivity index (χ1n) is 9.69. The number of rotatable bonds is 6. The number of imidazole rings is 1. The van der Waals surface area contributed by atoms with Crippen LogP contribution in [0.4, 0.5) is 0 Å². The van der Waals surface area contributed by atoms with Crippen LogP contribution in [-0.2, 0) is 17.8 Å². The minimum Gasteiger partial charge on any atom is -0.356 e. The third-order valence-corrected chi connectivity index (χ3v) is 5.77. The van der Waals surface area contributed by atoms with Gasteiger partial charge >= 0.3 is 0 Å². The van der Waals surface area contributed by atoms with Gasteiger partial charge in [-0.15, -0.1) is 0 Å². The van der Waals surface area contributed by atoms with Crippen LogP contribution in [0.25, 0.3) is 11.0 Å². The Morgan fingerprint density at radius 3 is 2.80 bits per heavy atom. The number of piperidine rings is 1. The number of carbonyl (C=O) groups is 1. The zero-order valence-electron chi connectivity index (χ0n) is 15.0. The Kier molecular flexibility index (Phi) is 4.75. The van der Waals surface area contributed by atoms with Crippen molar-refractivity contribution in [2.45, 2.75) is 64.1 Å². The van der Waals surface area contributed by atoms with Gasteiger partial charge in [0.05, 0.1) is 11.0 Å². The molecule has 2 bridgehead atoms. The quantitative estimate of drug-likeness (QED) is 0.850. The summed E-state index contributed by atoms with van der Waals surface area (Å²) in [5.41, 5.74) is 2.22. The van der Waals surface area contributed by atoms with Crippen LogP contribution in [0.3, 0.4) is 0 Å². The van der Waals surface area contributed by atoms with E-state index in [2.05, 4.69) is 34.3 Å². The molecule has 0 radical (unpaired) electrons. The molecular formula is C20H28N4O. The Labute approximate surface area is 149 Å². The van der Waals surface area contributed by atoms with Crippen molar-refractivity contribution >= 4 is 16.9 Å². The van der Waals surface area contributed by atoms with Crippen molar-refractivity contribution in [2.75, 3.05) is 6.54 Å². The highest BCUT2D eigenvalue weighted by Gasteiger charge is 2.34. The van der Waals surface area contributed by atoms with E-state index in [-0.39, 0.29) is 5.91 Å². The van der Waals surface area contributed by atoms with Gasteiger partial charge in [0.2, 0.25) is 5.91 Å². The van der Waals surface area contributed by atoms with E-state index in [1.807, 2.05) is 12.1 Å². The lowest BCUT2D eigenvalue weighted by Gasteiger charge is -2.28. The molecule has 2 aliphatic heterocycles. The van der Waals surface area contributed by atoms with E-state index in [1.54, 1.807) is 0 Å². The normalized spacial score (nSPS) is 25.4. The first-order chi connectivity index (χ1) is 12.2. The smallest absolute Gasteiger partial charge is 0.220 e. The van der Waals surface area contributed by atoms with Gasteiger partial charge in [0.1, 0.15) is 5.82 Å². The van der Waals surface area contributed by atoms with Crippen molar-refractivity contribution < 1.29 is 4.79 Å². The molecule has 5 heteroatoms. The van der Waals surface area contributed by atoms with Gasteiger partial charge in [-0.2, -0.15) is 0 Å². The first kappa shape index (κ1) is 16.6. The maximum absolute atomic E-state index is 12.3. The molecule has 1 aromatic heterocycles. The van der Waals surface area contributed by atoms with E-state index in [4.69, 9.17) is 4.98 Å². The van der Waals surface area contributed by atoms with Crippen molar-refractivity contribution in [1.82, 2.24) is 20.2 Å². The van der Waals surface area contributed by atoms with E-state index in [0.29, 0.717) is 31.0 Å². The molecule has 2 fully saturated rings. The zero-order chi connectivity index (χ0) is 17.2. The zero-order valence-corrected chi connectivity index (χ0v) is 15.0. The number of nitrogens with one attached hydrogen (secondary N) is 2. The van der Waals surface area contributed by atoms with Crippen molar-refractivity contribution in [3.8, 4) is 0 Å². The number of carbonyl (C=O) groups excluding carboxylic acids is 1. The molecule has 3 heterocycles. The van der Waals surface area contributed by atoms with E-state index in [9.17, 15) is 4.79 Å². The number of nitrogens with zero attached hydrogens (tertiary/aromatic N) is 2. The molecule has 2 saturated heterocycles. The summed E-state index contributed by atoms with van der Waals surface area (Å²) in [5, 5.41) is 6.75. The van der Waals surface area contributed by atoms with Crippen LogP contribution in [-0.4, -0.2) is 34.1 Å². The van der Waals surface area contributed by atoms with Crippen molar-refractivity contribution in [3.63, 3.8) is 0 Å². The number of fused-ring (bicyclic) bond motifs is 3. The monoisotopic (exact) mass is 340 g/mol. The van der Waals surface area contributed by atoms with Crippen molar-refractivity contribution in [1.29, 1.82) is 0 Å². The molecule has 0 saturated carbocycles. The highest BCUT2D eigenvalue weighted by molar-refractivity contribution is 5.77. The SMILES string of the molecule is CCn1c(CCNC(=O)CC2C[C@H]3CC[C@@H](C2)N3)nc2ccccc21. The second-order valence-corrected chi connectivity index (χ2v) is 7.54. The Hall–Kier alpha value is -1.88. The highest BCUT2D eigenvalue weighted by atomic mass is 16.1. The highest BCUT2D eigenvalue weighted by Crippen LogP contribution is 2.32. The van der Waals surface area contributed by atoms with Gasteiger partial charge in [0.15, 0.2) is 0 Å². The molecule has 2 aliphatic rings. The largest absolute Gasteiger partial charge is 0.356 e. The average Bonchev–Trinajstić information content (AvgIpc) is 3.13. The van der Waals surface area contributed by atoms with E-state index in [1.165, 1.54) is 18.4 Å². The summed E-state index contributed by atoms with van der Waals surface area (Å²) >= 11 is 0. The number of aromatic nitrogens is 2. The van der Waals surface area contributed by atoms with Gasteiger partial charge in [-0.05, 0) is 50.7 Å². The molecule has 25 heavy (non-hydrogen) atoms. The van der Waals surface area contributed by atoms with Gasteiger partial charge in [-0.1, -0.05) is 12.1 Å². The predicted molar refractivity (Wildman–Crippen MR) is 99.4 cm³/mol. The van der Waals surface area contributed by atoms with Gasteiger partial charge in [0, 0.05) is 38.0 Å². The second kappa shape index (κ2) is 7.16. The topological polar surface area (TPSA) is 59.0 Å². The fraction of sp³-hybridized carbons (Fsp3) is 0.600. The summed E-state index contributed by atoms with van der Waals surface area (Å²) in [6.45, 7) is 3.71. The van der Waals surface area contributed by atoms with Crippen LogP contribution in [0.5, 0.6) is 0 Å². The van der Waals surface area contributed by atoms with E-state index < -0.39 is 0 Å². The van der Waals surface area contributed by atoms with Crippen molar-refractivity contribution in [3.05, 3.63) is 30.1 Å². The number of hydrogen-bond acceptors (Lipinski definition) is 3. The number of amides is 1. The summed E-state index contributed by atoms with van der Waals surface area (Å²) in [6, 6.07) is 9.54. The van der Waals surface area contributed by atoms with E-state index >= 15 is 0 Å². The number of para-hydroxylation sites is 2. The molecule has 4 rings (SSSR count). The van der Waals surface area contributed by atoms with Crippen LogP contribution in [0.15, 0.2) is 24.3 Å². The fourth-order valence-electron chi connectivity index (χ4n) is 4.66. The summed E-state index contributed by atoms with van der Waals surface area (Å²) in [7, 11) is 0. The summed E-state index contributed by atoms with van der Waals surface area (Å²) in [4.78, 5) is 17.0. The molecule has 1 amide bonds. The van der Waals surface area contributed by atoms with Crippen LogP contribution in [0.1, 0.15) is 44.9 Å². The molecule has 1 aromatic carbocycles. The molecule has 0 aliphatic carbocycles. The number of benzene rings is 1. The summed E-state index contributed by atoms with van der Waals surface area (Å²) in [5.74, 6) is 1.81. The lowest BCUT2D eigenvalue weighted by molar-refractivity contribution is -0.122. The Morgan fingerprint density at radius 1 is 1.28 bits per heavy atom. The van der Waals surface area contributed by atoms with Gasteiger partial charge < -0.3 is 15.2 Å². The molecule has 2 aromatic rings. The maximum atomic E-state index is 12.3. The summed E-state index contributed by atoms with van der Waals surface area (Å²) < 4.78 is 2.24. The summed E-state index contributed by atoms with van der Waals surface area (Å²) in [6.07, 6.45) is 6.36. The molecule has 3 atom stereocenters. The fourth-order valence-corrected chi connectivity index (χ4v) is 4.66. The van der Waals surface area contributed by atoms with E-state index in [0.717, 1.165) is 37.1 Å². The van der Waals surface area contributed by atoms with Crippen LogP contribution in [0.2, 0.25) is 0 Å². The van der Waals surface area contributed by atoms with Crippen molar-refractivity contribution in [2.24, 2.45) is 5.92 Å². The lowest BCUT2D eigenvalue weighted by atomic mass is 9.89. The van der Waals surface area contributed by atoms with Crippen LogP contribution in [0, 0.1) is 5.92 Å². The predicted octanol–water partition coefficient (Wildman–Crippen LogP) is 2.64. The molecule has 134 valence electrons. The van der Waals surface area contributed by atoms with Gasteiger partial charge in [0.25, 0.3) is 0 Å². The molecule has 0 spiro atoms. The minimum atomic E-state index is 0.199. The van der Waals surface area contributed by atoms with Gasteiger partial charge in [-0.3, -0.25) is 4.79 Å². The number of aryl methyl sites for hydroxylation is 1. The lowest BCUT2D eigenvalue weighted by Crippen LogP contribution is -2.39. The van der Waals surface area contributed by atoms with Gasteiger partial charge in [-0.25, -0.2) is 4.98 Å². The number of hydrogen-bond donors (Lipinski definition) is 2. The standard InChI is InChI=1S/C20H28N4O/c1-2-24-18-6-4-3-5-17(18)23-19(24)9-10-21-20(25)13-14-11-15-7-8-16(12-14)22-15/h3-6,14-16,22H,2,7-13H2,1H3,(H,21,25)/t14?,15-,16+. The molecule has 1 unspecified atom stereocenters. The third-order valence-electron chi connectivity index (χ3n) is 5.77. The first-order valence-corrected chi connectivity index (χ1v) is 9.69. The molecular weight excluding hydrogens is 312 g/mol. The Morgan fingerprint density at radius 2 is 2.04 bits per heavy atom. The molecule has 2 N–H and O–H groups in total. The minimum absolute atomic E-state index is 0.199. The third kappa shape index (κ3) is 3.56. The maximum Gasteiger partial charge on any atom is 0.220 e. The average molecular weight is 340 g/mol. The Balaban J connectivity index is 1.29. The van der Waals surface area contributed by atoms with Crippen LogP contribution < -0.4 is 10.6 Å².